The van der Waals surface area contributed by atoms with E-state index < -0.39 is 17.3 Å². The van der Waals surface area contributed by atoms with Gasteiger partial charge in [0.05, 0.1) is 11.3 Å². The molecule has 0 spiro atoms. The molecule has 1 fully saturated rings. The first kappa shape index (κ1) is 19.5. The average molecular weight is 383 g/mol. The second-order valence-corrected chi connectivity index (χ2v) is 7.91. The summed E-state index contributed by atoms with van der Waals surface area (Å²) in [6.07, 6.45) is 1.34. The molecule has 5 nitrogen and oxygen atoms in total. The van der Waals surface area contributed by atoms with Crippen LogP contribution in [0, 0.1) is 0 Å². The summed E-state index contributed by atoms with van der Waals surface area (Å²) < 4.78 is 46.4. The quantitative estimate of drug-likeness (QED) is 0.756. The third-order valence-corrected chi connectivity index (χ3v) is 4.54. The number of carbonyl (C=O) groups excluding carboxylic acids is 1. The first-order valence-corrected chi connectivity index (χ1v) is 9.08. The molecule has 0 radical (unpaired) electrons. The van der Waals surface area contributed by atoms with Crippen LogP contribution in [0.3, 0.4) is 0 Å². The number of nitrogens with zero attached hydrogens (tertiary/aromatic N) is 3. The van der Waals surface area contributed by atoms with E-state index in [9.17, 15) is 18.0 Å². The molecule has 8 heteroatoms. The molecule has 148 valence electrons. The molecule has 1 aliphatic heterocycles. The summed E-state index contributed by atoms with van der Waals surface area (Å²) in [7, 11) is 0. The number of aromatic nitrogens is 2. The van der Waals surface area contributed by atoms with Crippen LogP contribution in [0.1, 0.15) is 51.3 Å². The van der Waals surface area contributed by atoms with E-state index >= 15 is 0 Å². The van der Waals surface area contributed by atoms with E-state index in [1.807, 2.05) is 20.8 Å². The van der Waals surface area contributed by atoms with E-state index in [2.05, 4.69) is 4.98 Å². The summed E-state index contributed by atoms with van der Waals surface area (Å²) in [5, 5.41) is 0. The Labute approximate surface area is 156 Å². The maximum atomic E-state index is 13.2. The number of hydrogen-bond donors (Lipinski definition) is 0. The minimum absolute atomic E-state index is 0.111. The fourth-order valence-electron chi connectivity index (χ4n) is 3.40. The Balaban J connectivity index is 1.83. The minimum Gasteiger partial charge on any atom is -0.444 e. The number of piperidine rings is 1. The number of likely N-dealkylation sites (tertiary alicyclic amines) is 1. The molecular weight excluding hydrogens is 359 g/mol. The van der Waals surface area contributed by atoms with E-state index in [0.29, 0.717) is 18.7 Å². The van der Waals surface area contributed by atoms with Gasteiger partial charge in [0.25, 0.3) is 0 Å². The molecule has 0 N–H and O–H groups in total. The second kappa shape index (κ2) is 7.05. The van der Waals surface area contributed by atoms with Gasteiger partial charge in [-0.3, -0.25) is 0 Å². The fraction of sp³-hybridized carbons (Fsp3) is 0.579. The Morgan fingerprint density at radius 3 is 2.70 bits per heavy atom. The number of carbonyl (C=O) groups is 1. The lowest BCUT2D eigenvalue weighted by Gasteiger charge is -2.36. The van der Waals surface area contributed by atoms with Gasteiger partial charge in [-0.1, -0.05) is 0 Å². The molecule has 27 heavy (non-hydrogen) atoms. The first-order chi connectivity index (χ1) is 12.5. The number of imidazole rings is 1. The predicted octanol–water partition coefficient (Wildman–Crippen LogP) is 4.69. The maximum Gasteiger partial charge on any atom is 0.419 e. The molecule has 0 aliphatic carbocycles. The van der Waals surface area contributed by atoms with Crippen LogP contribution >= 0.6 is 0 Å². The molecule has 1 amide bonds. The van der Waals surface area contributed by atoms with E-state index in [1.54, 1.807) is 17.3 Å². The number of ether oxygens (including phenoxy) is 1. The van der Waals surface area contributed by atoms with Crippen LogP contribution in [-0.4, -0.2) is 38.6 Å². The van der Waals surface area contributed by atoms with Crippen molar-refractivity contribution < 1.29 is 22.7 Å². The van der Waals surface area contributed by atoms with Crippen molar-refractivity contribution in [2.75, 3.05) is 6.54 Å². The van der Waals surface area contributed by atoms with E-state index in [1.165, 1.54) is 10.5 Å². The minimum atomic E-state index is -4.46. The summed E-state index contributed by atoms with van der Waals surface area (Å²) in [6, 6.07) is 2.25. The van der Waals surface area contributed by atoms with Gasteiger partial charge in [-0.05, 0) is 52.2 Å². The summed E-state index contributed by atoms with van der Waals surface area (Å²) in [6.45, 7) is 6.01. The number of rotatable bonds is 2. The Kier molecular flexibility index (Phi) is 5.10. The van der Waals surface area contributed by atoms with Gasteiger partial charge in [-0.25, -0.2) is 9.78 Å². The highest BCUT2D eigenvalue weighted by atomic mass is 19.4. The molecule has 0 aromatic carbocycles. The van der Waals surface area contributed by atoms with Crippen LogP contribution in [0.15, 0.2) is 24.5 Å². The van der Waals surface area contributed by atoms with E-state index in [-0.39, 0.29) is 17.8 Å². The molecule has 1 unspecified atom stereocenters. The number of amides is 1. The highest BCUT2D eigenvalue weighted by Gasteiger charge is 2.35. The molecule has 2 aromatic heterocycles. The largest absolute Gasteiger partial charge is 0.444 e. The average Bonchev–Trinajstić information content (AvgIpc) is 2.94. The van der Waals surface area contributed by atoms with Crippen molar-refractivity contribution in [3.8, 4) is 0 Å². The van der Waals surface area contributed by atoms with Gasteiger partial charge < -0.3 is 14.0 Å². The standard InChI is InChI=1S/C19H24F3N3O2/c1-18(2,3)27-17(26)25-10-5-4-7-14(25)11-13-12-24-9-6-8-15(16(24)23-13)19(20,21)22/h6,8-9,12,14H,4-5,7,10-11H2,1-3H3. The third-order valence-electron chi connectivity index (χ3n) is 4.54. The summed E-state index contributed by atoms with van der Waals surface area (Å²) in [4.78, 5) is 18.4. The zero-order valence-electron chi connectivity index (χ0n) is 15.7. The van der Waals surface area contributed by atoms with Gasteiger partial charge in [0, 0.05) is 31.4 Å². The third kappa shape index (κ3) is 4.54. The van der Waals surface area contributed by atoms with Gasteiger partial charge >= 0.3 is 12.3 Å². The molecule has 2 aromatic rings. The zero-order valence-corrected chi connectivity index (χ0v) is 15.7. The maximum absolute atomic E-state index is 13.2. The van der Waals surface area contributed by atoms with E-state index in [4.69, 9.17) is 4.74 Å². The number of fused-ring (bicyclic) bond motifs is 1. The molecule has 3 heterocycles. The predicted molar refractivity (Wildman–Crippen MR) is 94.5 cm³/mol. The number of alkyl halides is 3. The van der Waals surface area contributed by atoms with Crippen LogP contribution in [0.5, 0.6) is 0 Å². The topological polar surface area (TPSA) is 46.8 Å². The smallest absolute Gasteiger partial charge is 0.419 e. The van der Waals surface area contributed by atoms with Crippen molar-refractivity contribution in [1.82, 2.24) is 14.3 Å². The van der Waals surface area contributed by atoms with Gasteiger partial charge in [0.2, 0.25) is 0 Å². The van der Waals surface area contributed by atoms with Crippen molar-refractivity contribution in [3.63, 3.8) is 0 Å². The molecule has 1 atom stereocenters. The van der Waals surface area contributed by atoms with Crippen LogP contribution in [0.4, 0.5) is 18.0 Å². The lowest BCUT2D eigenvalue weighted by atomic mass is 9.98. The van der Waals surface area contributed by atoms with Crippen molar-refractivity contribution in [2.45, 2.75) is 64.3 Å². The molecular formula is C19H24F3N3O2. The van der Waals surface area contributed by atoms with Crippen molar-refractivity contribution >= 4 is 11.7 Å². The Morgan fingerprint density at radius 1 is 1.30 bits per heavy atom. The Morgan fingerprint density at radius 2 is 2.04 bits per heavy atom. The summed E-state index contributed by atoms with van der Waals surface area (Å²) in [5.74, 6) is 0. The SMILES string of the molecule is CC(C)(C)OC(=O)N1CCCCC1Cc1cn2cccc(C(F)(F)F)c2n1. The van der Waals surface area contributed by atoms with Crippen LogP contribution in [-0.2, 0) is 17.3 Å². The monoisotopic (exact) mass is 383 g/mol. The Bertz CT molecular complexity index is 824. The zero-order chi connectivity index (χ0) is 19.8. The highest BCUT2D eigenvalue weighted by molar-refractivity contribution is 5.68. The van der Waals surface area contributed by atoms with Crippen molar-refractivity contribution in [2.24, 2.45) is 0 Å². The van der Waals surface area contributed by atoms with Gasteiger partial charge in [0.1, 0.15) is 11.2 Å². The van der Waals surface area contributed by atoms with E-state index in [0.717, 1.165) is 25.3 Å². The summed E-state index contributed by atoms with van der Waals surface area (Å²) >= 11 is 0. The molecule has 3 rings (SSSR count). The van der Waals surface area contributed by atoms with Crippen molar-refractivity contribution in [3.05, 3.63) is 35.8 Å². The highest BCUT2D eigenvalue weighted by Crippen LogP contribution is 2.32. The summed E-state index contributed by atoms with van der Waals surface area (Å²) in [5.41, 5.74) is -0.931. The first-order valence-electron chi connectivity index (χ1n) is 9.08. The van der Waals surface area contributed by atoms with Gasteiger partial charge in [-0.2, -0.15) is 13.2 Å². The lowest BCUT2D eigenvalue weighted by molar-refractivity contribution is -0.136. The molecule has 1 saturated heterocycles. The molecule has 0 saturated carbocycles. The lowest BCUT2D eigenvalue weighted by Crippen LogP contribution is -2.47. The van der Waals surface area contributed by atoms with Crippen molar-refractivity contribution in [1.29, 1.82) is 0 Å². The fourth-order valence-corrected chi connectivity index (χ4v) is 3.40. The van der Waals surface area contributed by atoms with Crippen LogP contribution < -0.4 is 0 Å². The van der Waals surface area contributed by atoms with Crippen LogP contribution in [0.25, 0.3) is 5.65 Å². The molecule has 0 bridgehead atoms. The van der Waals surface area contributed by atoms with Gasteiger partial charge in [0.15, 0.2) is 0 Å². The Hall–Kier alpha value is -2.25. The second-order valence-electron chi connectivity index (χ2n) is 7.91. The van der Waals surface area contributed by atoms with Crippen LogP contribution in [0.2, 0.25) is 0 Å². The number of halogens is 3. The van der Waals surface area contributed by atoms with Gasteiger partial charge in [-0.15, -0.1) is 0 Å². The number of hydrogen-bond acceptors (Lipinski definition) is 3. The number of pyridine rings is 1. The molecule has 1 aliphatic rings. The normalized spacial score (nSPS) is 18.7.